The summed E-state index contributed by atoms with van der Waals surface area (Å²) in [5.41, 5.74) is 2.70. The van der Waals surface area contributed by atoms with Crippen LogP contribution in [0.2, 0.25) is 5.02 Å². The number of carbonyl (C=O) groups excluding carboxylic acids is 1. The molecule has 1 amide bonds. The molecule has 10 heteroatoms. The van der Waals surface area contributed by atoms with Gasteiger partial charge in [0.2, 0.25) is 5.91 Å². The van der Waals surface area contributed by atoms with Crippen LogP contribution >= 0.6 is 22.9 Å². The van der Waals surface area contributed by atoms with Crippen LogP contribution in [0.1, 0.15) is 12.0 Å². The number of amides is 1. The van der Waals surface area contributed by atoms with Crippen molar-refractivity contribution < 1.29 is 13.2 Å². The lowest BCUT2D eigenvalue weighted by atomic mass is 10.0. The van der Waals surface area contributed by atoms with Crippen LogP contribution in [0.3, 0.4) is 0 Å². The molecule has 0 atom stereocenters. The van der Waals surface area contributed by atoms with E-state index in [2.05, 4.69) is 15.0 Å². The van der Waals surface area contributed by atoms with Crippen molar-refractivity contribution in [2.45, 2.75) is 17.7 Å². The molecule has 0 saturated heterocycles. The minimum atomic E-state index is -3.72. The second kappa shape index (κ2) is 8.63. The summed E-state index contributed by atoms with van der Waals surface area (Å²) in [6, 6.07) is 11.7. The highest BCUT2D eigenvalue weighted by atomic mass is 35.5. The Morgan fingerprint density at radius 2 is 2.00 bits per heavy atom. The molecule has 0 saturated carbocycles. The lowest BCUT2D eigenvalue weighted by Crippen LogP contribution is -2.36. The van der Waals surface area contributed by atoms with Gasteiger partial charge in [0.25, 0.3) is 10.0 Å². The lowest BCUT2D eigenvalue weighted by molar-refractivity contribution is -0.115. The first-order valence-corrected chi connectivity index (χ1v) is 12.0. The third-order valence-corrected chi connectivity index (χ3v) is 7.10. The number of halogens is 1. The molecule has 0 radical (unpaired) electrons. The first-order chi connectivity index (χ1) is 14.4. The number of thiazole rings is 1. The van der Waals surface area contributed by atoms with E-state index in [-0.39, 0.29) is 17.3 Å². The van der Waals surface area contributed by atoms with Gasteiger partial charge in [-0.1, -0.05) is 11.6 Å². The van der Waals surface area contributed by atoms with Gasteiger partial charge in [-0.15, -0.1) is 11.3 Å². The van der Waals surface area contributed by atoms with Gasteiger partial charge in [0.15, 0.2) is 5.13 Å². The fraction of sp³-hybridized carbons (Fsp3) is 0.200. The van der Waals surface area contributed by atoms with Gasteiger partial charge >= 0.3 is 0 Å². The average molecular weight is 463 g/mol. The molecule has 0 bridgehead atoms. The van der Waals surface area contributed by atoms with Crippen LogP contribution in [0.4, 0.5) is 16.5 Å². The van der Waals surface area contributed by atoms with E-state index in [0.29, 0.717) is 15.8 Å². The summed E-state index contributed by atoms with van der Waals surface area (Å²) in [7, 11) is -3.72. The summed E-state index contributed by atoms with van der Waals surface area (Å²) >= 11 is 7.27. The van der Waals surface area contributed by atoms with Crippen LogP contribution in [0.15, 0.2) is 58.9 Å². The number of fused-ring (bicyclic) bond motifs is 1. The van der Waals surface area contributed by atoms with E-state index in [9.17, 15) is 13.2 Å². The average Bonchev–Trinajstić information content (AvgIpc) is 3.20. The third-order valence-electron chi connectivity index (χ3n) is 4.69. The molecular formula is C20H19ClN4O3S2. The van der Waals surface area contributed by atoms with E-state index in [1.165, 1.54) is 29.7 Å². The highest BCUT2D eigenvalue weighted by molar-refractivity contribution is 7.93. The number of hydrogen-bond donors (Lipinski definition) is 2. The smallest absolute Gasteiger partial charge is 0.263 e. The van der Waals surface area contributed by atoms with Gasteiger partial charge < -0.3 is 10.2 Å². The monoisotopic (exact) mass is 462 g/mol. The number of anilines is 3. The summed E-state index contributed by atoms with van der Waals surface area (Å²) in [6.45, 7) is 1.00. The maximum absolute atomic E-state index is 12.5. The molecule has 30 heavy (non-hydrogen) atoms. The second-order valence-electron chi connectivity index (χ2n) is 6.81. The van der Waals surface area contributed by atoms with Crippen LogP contribution < -0.4 is 14.9 Å². The molecule has 0 fully saturated rings. The van der Waals surface area contributed by atoms with E-state index in [1.807, 2.05) is 23.1 Å². The van der Waals surface area contributed by atoms with Crippen LogP contribution in [-0.4, -0.2) is 32.4 Å². The zero-order chi connectivity index (χ0) is 21.1. The molecule has 2 N–H and O–H groups in total. The maximum Gasteiger partial charge on any atom is 0.263 e. The minimum Gasteiger partial charge on any atom is -0.362 e. The summed E-state index contributed by atoms with van der Waals surface area (Å²) in [5.74, 6) is -0.172. The standard InChI is InChI=1S/C20H19ClN4O3S2/c21-15-3-8-18-14(12-15)2-1-10-25(18)13-19(26)23-16-4-6-17(7-5-16)30(27,28)24-20-22-9-11-29-20/h3-9,11-12H,1-2,10,13H2,(H,22,24)(H,23,26). The van der Waals surface area contributed by atoms with Crippen molar-refractivity contribution >= 4 is 55.4 Å². The second-order valence-corrected chi connectivity index (χ2v) is 9.83. The van der Waals surface area contributed by atoms with Crippen molar-refractivity contribution in [3.8, 4) is 0 Å². The zero-order valence-electron chi connectivity index (χ0n) is 15.8. The molecule has 2 heterocycles. The molecule has 1 aliphatic heterocycles. The highest BCUT2D eigenvalue weighted by Gasteiger charge is 2.20. The summed E-state index contributed by atoms with van der Waals surface area (Å²) in [6.07, 6.45) is 3.43. The van der Waals surface area contributed by atoms with Gasteiger partial charge in [0.05, 0.1) is 11.4 Å². The number of carbonyl (C=O) groups is 1. The van der Waals surface area contributed by atoms with Crippen molar-refractivity contribution in [2.24, 2.45) is 0 Å². The normalized spacial score (nSPS) is 13.6. The Hall–Kier alpha value is -2.62. The molecule has 4 rings (SSSR count). The third kappa shape index (κ3) is 4.75. The number of hydrogen-bond acceptors (Lipinski definition) is 6. The number of benzene rings is 2. The Balaban J connectivity index is 1.40. The number of aromatic nitrogens is 1. The molecule has 1 aromatic heterocycles. The van der Waals surface area contributed by atoms with Gasteiger partial charge in [-0.05, 0) is 60.9 Å². The van der Waals surface area contributed by atoms with Gasteiger partial charge in [0.1, 0.15) is 0 Å². The zero-order valence-corrected chi connectivity index (χ0v) is 18.2. The quantitative estimate of drug-likeness (QED) is 0.578. The van der Waals surface area contributed by atoms with Gasteiger partial charge in [-0.2, -0.15) is 0 Å². The number of sulfonamides is 1. The fourth-order valence-corrected chi connectivity index (χ4v) is 5.33. The molecule has 0 aliphatic carbocycles. The first kappa shape index (κ1) is 20.6. The van der Waals surface area contributed by atoms with Crippen molar-refractivity contribution in [3.05, 3.63) is 64.6 Å². The van der Waals surface area contributed by atoms with Crippen LogP contribution in [0.25, 0.3) is 0 Å². The topological polar surface area (TPSA) is 91.4 Å². The minimum absolute atomic E-state index is 0.0949. The van der Waals surface area contributed by atoms with E-state index in [0.717, 1.165) is 30.6 Å². The molecule has 1 aliphatic rings. The number of nitrogens with one attached hydrogen (secondary N) is 2. The number of rotatable bonds is 6. The Morgan fingerprint density at radius 1 is 1.20 bits per heavy atom. The van der Waals surface area contributed by atoms with E-state index < -0.39 is 10.0 Å². The van der Waals surface area contributed by atoms with Crippen molar-refractivity contribution in [2.75, 3.05) is 28.0 Å². The van der Waals surface area contributed by atoms with Crippen LogP contribution in [0, 0.1) is 0 Å². The van der Waals surface area contributed by atoms with Gasteiger partial charge in [-0.25, -0.2) is 13.4 Å². The Bertz CT molecular complexity index is 1150. The molecule has 7 nitrogen and oxygen atoms in total. The van der Waals surface area contributed by atoms with E-state index in [4.69, 9.17) is 11.6 Å². The number of aryl methyl sites for hydroxylation is 1. The maximum atomic E-state index is 12.5. The molecular weight excluding hydrogens is 444 g/mol. The van der Waals surface area contributed by atoms with Crippen molar-refractivity contribution in [1.82, 2.24) is 4.98 Å². The van der Waals surface area contributed by atoms with Crippen molar-refractivity contribution in [3.63, 3.8) is 0 Å². The number of nitrogens with zero attached hydrogens (tertiary/aromatic N) is 2. The van der Waals surface area contributed by atoms with Gasteiger partial charge in [0, 0.05) is 34.5 Å². The summed E-state index contributed by atoms with van der Waals surface area (Å²) in [5, 5.41) is 5.51. The lowest BCUT2D eigenvalue weighted by Gasteiger charge is -2.30. The SMILES string of the molecule is O=C(CN1CCCc2cc(Cl)ccc21)Nc1ccc(S(=O)(=O)Nc2nccs2)cc1. The van der Waals surface area contributed by atoms with E-state index >= 15 is 0 Å². The summed E-state index contributed by atoms with van der Waals surface area (Å²) in [4.78, 5) is 18.6. The Morgan fingerprint density at radius 3 is 2.73 bits per heavy atom. The summed E-state index contributed by atoms with van der Waals surface area (Å²) < 4.78 is 27.2. The molecule has 0 unspecified atom stereocenters. The highest BCUT2D eigenvalue weighted by Crippen LogP contribution is 2.29. The Labute approximate surface area is 183 Å². The predicted octanol–water partition coefficient (Wildman–Crippen LogP) is 3.99. The fourth-order valence-electron chi connectivity index (χ4n) is 3.35. The van der Waals surface area contributed by atoms with Crippen LogP contribution in [0.5, 0.6) is 0 Å². The van der Waals surface area contributed by atoms with Crippen molar-refractivity contribution in [1.29, 1.82) is 0 Å². The molecule has 0 spiro atoms. The molecule has 156 valence electrons. The molecule has 3 aromatic rings. The first-order valence-electron chi connectivity index (χ1n) is 9.26. The van der Waals surface area contributed by atoms with Crippen LogP contribution in [-0.2, 0) is 21.2 Å². The largest absolute Gasteiger partial charge is 0.362 e. The molecule has 2 aromatic carbocycles. The van der Waals surface area contributed by atoms with E-state index in [1.54, 1.807) is 17.5 Å². The Kier molecular flexibility index (Phi) is 5.94. The predicted molar refractivity (Wildman–Crippen MR) is 120 cm³/mol. The van der Waals surface area contributed by atoms with Gasteiger partial charge in [-0.3, -0.25) is 9.52 Å².